The first-order chi connectivity index (χ1) is 5.41. The van der Waals surface area contributed by atoms with Gasteiger partial charge in [-0.1, -0.05) is 32.4 Å². The second-order valence-electron chi connectivity index (χ2n) is 3.75. The second kappa shape index (κ2) is 3.02. The van der Waals surface area contributed by atoms with Gasteiger partial charge in [0.1, 0.15) is 0 Å². The van der Waals surface area contributed by atoms with E-state index in [1.165, 1.54) is 6.07 Å². The fourth-order valence-corrected chi connectivity index (χ4v) is 0.935. The van der Waals surface area contributed by atoms with E-state index in [1.807, 2.05) is 20.8 Å². The Morgan fingerprint density at radius 3 is 2.42 bits per heavy atom. The topological polar surface area (TPSA) is 12.9 Å². The van der Waals surface area contributed by atoms with Crippen LogP contribution in [-0.4, -0.2) is 4.98 Å². The first-order valence-corrected chi connectivity index (χ1v) is 4.10. The summed E-state index contributed by atoms with van der Waals surface area (Å²) in [5, 5.41) is -0.0667. The molecule has 1 nitrogen and oxygen atoms in total. The van der Waals surface area contributed by atoms with Crippen LogP contribution in [0.2, 0.25) is 5.15 Å². The van der Waals surface area contributed by atoms with E-state index >= 15 is 0 Å². The lowest BCUT2D eigenvalue weighted by Crippen LogP contribution is -2.11. The van der Waals surface area contributed by atoms with Gasteiger partial charge in [0.15, 0.2) is 11.0 Å². The van der Waals surface area contributed by atoms with Crippen molar-refractivity contribution in [2.75, 3.05) is 0 Å². The molecule has 12 heavy (non-hydrogen) atoms. The summed E-state index contributed by atoms with van der Waals surface area (Å²) in [7, 11) is 0. The number of hydrogen-bond acceptors (Lipinski definition) is 1. The van der Waals surface area contributed by atoms with E-state index in [0.29, 0.717) is 0 Å². The highest BCUT2D eigenvalue weighted by Crippen LogP contribution is 2.23. The largest absolute Gasteiger partial charge is 0.241 e. The minimum Gasteiger partial charge on any atom is -0.241 e. The molecule has 0 atom stereocenters. The highest BCUT2D eigenvalue weighted by atomic mass is 35.5. The molecule has 3 heteroatoms. The van der Waals surface area contributed by atoms with Gasteiger partial charge in [-0.25, -0.2) is 9.37 Å². The summed E-state index contributed by atoms with van der Waals surface area (Å²) < 4.78 is 12.9. The number of nitrogens with zero attached hydrogens (tertiary/aromatic N) is 1. The minimum atomic E-state index is -0.455. The van der Waals surface area contributed by atoms with Gasteiger partial charge >= 0.3 is 0 Å². The molecule has 0 spiro atoms. The van der Waals surface area contributed by atoms with Crippen LogP contribution in [0.4, 0.5) is 4.39 Å². The van der Waals surface area contributed by atoms with Gasteiger partial charge in [0.2, 0.25) is 0 Å². The third kappa shape index (κ3) is 1.95. The normalized spacial score (nSPS) is 11.8. The maximum atomic E-state index is 12.9. The van der Waals surface area contributed by atoms with Gasteiger partial charge in [0.25, 0.3) is 0 Å². The number of hydrogen-bond donors (Lipinski definition) is 0. The van der Waals surface area contributed by atoms with Crippen molar-refractivity contribution in [1.29, 1.82) is 0 Å². The summed E-state index contributed by atoms with van der Waals surface area (Å²) >= 11 is 5.44. The summed E-state index contributed by atoms with van der Waals surface area (Å²) in [4.78, 5) is 3.74. The van der Waals surface area contributed by atoms with Crippen LogP contribution in [0, 0.1) is 5.82 Å². The lowest BCUT2D eigenvalue weighted by atomic mass is 9.88. The number of halogens is 2. The summed E-state index contributed by atoms with van der Waals surface area (Å²) in [6.45, 7) is 5.99. The highest BCUT2D eigenvalue weighted by molar-refractivity contribution is 6.29. The van der Waals surface area contributed by atoms with E-state index in [2.05, 4.69) is 4.98 Å². The molecule has 0 bridgehead atoms. The van der Waals surface area contributed by atoms with Crippen LogP contribution < -0.4 is 0 Å². The Hall–Kier alpha value is -0.630. The predicted octanol–water partition coefficient (Wildman–Crippen LogP) is 3.17. The Kier molecular flexibility index (Phi) is 2.38. The molecular formula is C9H11ClFN. The highest BCUT2D eigenvalue weighted by Gasteiger charge is 2.15. The zero-order valence-electron chi connectivity index (χ0n) is 7.36. The Morgan fingerprint density at radius 2 is 2.00 bits per heavy atom. The van der Waals surface area contributed by atoms with E-state index in [0.717, 1.165) is 5.56 Å². The quantitative estimate of drug-likeness (QED) is 0.569. The van der Waals surface area contributed by atoms with Gasteiger partial charge in [-0.2, -0.15) is 0 Å². The van der Waals surface area contributed by atoms with Crippen LogP contribution in [0.1, 0.15) is 26.3 Å². The Labute approximate surface area is 76.6 Å². The van der Waals surface area contributed by atoms with Gasteiger partial charge in [-0.3, -0.25) is 0 Å². The third-order valence-corrected chi connectivity index (χ3v) is 1.94. The molecule has 0 aromatic carbocycles. The summed E-state index contributed by atoms with van der Waals surface area (Å²) in [6.07, 6.45) is 1.60. The molecule has 0 saturated carbocycles. The molecule has 1 rings (SSSR count). The van der Waals surface area contributed by atoms with Crippen molar-refractivity contribution in [3.63, 3.8) is 0 Å². The van der Waals surface area contributed by atoms with Crippen molar-refractivity contribution in [1.82, 2.24) is 4.98 Å². The van der Waals surface area contributed by atoms with Gasteiger partial charge in [-0.15, -0.1) is 0 Å². The molecule has 0 amide bonds. The molecule has 1 aromatic rings. The van der Waals surface area contributed by atoms with Crippen molar-refractivity contribution in [3.8, 4) is 0 Å². The number of pyridine rings is 1. The molecule has 1 heterocycles. The smallest absolute Gasteiger partial charge is 0.164 e. The molecule has 0 aliphatic heterocycles. The van der Waals surface area contributed by atoms with E-state index in [-0.39, 0.29) is 10.6 Å². The van der Waals surface area contributed by atoms with Crippen molar-refractivity contribution in [2.24, 2.45) is 0 Å². The van der Waals surface area contributed by atoms with Crippen LogP contribution in [0.5, 0.6) is 0 Å². The SMILES string of the molecule is CC(C)(C)c1cnc(Cl)c(F)c1. The molecule has 66 valence electrons. The molecular weight excluding hydrogens is 177 g/mol. The third-order valence-electron chi connectivity index (χ3n) is 1.66. The van der Waals surface area contributed by atoms with Crippen LogP contribution >= 0.6 is 11.6 Å². The average molecular weight is 188 g/mol. The van der Waals surface area contributed by atoms with Crippen molar-refractivity contribution < 1.29 is 4.39 Å². The molecule has 0 aliphatic carbocycles. The monoisotopic (exact) mass is 187 g/mol. The fraction of sp³-hybridized carbons (Fsp3) is 0.444. The van der Waals surface area contributed by atoms with Crippen molar-refractivity contribution >= 4 is 11.6 Å². The summed E-state index contributed by atoms with van der Waals surface area (Å²) in [5.41, 5.74) is 0.766. The Balaban J connectivity index is 3.14. The van der Waals surface area contributed by atoms with Crippen LogP contribution in [0.15, 0.2) is 12.3 Å². The maximum absolute atomic E-state index is 12.9. The van der Waals surface area contributed by atoms with Gasteiger partial charge in [-0.05, 0) is 17.0 Å². The van der Waals surface area contributed by atoms with Gasteiger partial charge in [0.05, 0.1) is 0 Å². The second-order valence-corrected chi connectivity index (χ2v) is 4.10. The fourth-order valence-electron chi connectivity index (χ4n) is 0.831. The van der Waals surface area contributed by atoms with E-state index in [1.54, 1.807) is 6.20 Å². The van der Waals surface area contributed by atoms with Gasteiger partial charge in [0, 0.05) is 6.20 Å². The van der Waals surface area contributed by atoms with Gasteiger partial charge < -0.3 is 0 Å². The zero-order valence-corrected chi connectivity index (χ0v) is 8.11. The molecule has 0 unspecified atom stereocenters. The van der Waals surface area contributed by atoms with E-state index in [9.17, 15) is 4.39 Å². The molecule has 0 N–H and O–H groups in total. The molecule has 0 aliphatic rings. The Bertz CT molecular complexity index is 291. The molecule has 0 saturated heterocycles. The lowest BCUT2D eigenvalue weighted by molar-refractivity contribution is 0.566. The molecule has 1 aromatic heterocycles. The molecule has 0 fully saturated rings. The van der Waals surface area contributed by atoms with Crippen molar-refractivity contribution in [2.45, 2.75) is 26.2 Å². The Morgan fingerprint density at radius 1 is 1.42 bits per heavy atom. The summed E-state index contributed by atoms with van der Waals surface area (Å²) in [5.74, 6) is -0.455. The van der Waals surface area contributed by atoms with E-state index in [4.69, 9.17) is 11.6 Å². The minimum absolute atomic E-state index is 0.0667. The molecule has 0 radical (unpaired) electrons. The van der Waals surface area contributed by atoms with Crippen LogP contribution in [0.3, 0.4) is 0 Å². The first-order valence-electron chi connectivity index (χ1n) is 3.73. The first kappa shape index (κ1) is 9.46. The standard InChI is InChI=1S/C9H11ClFN/c1-9(2,3)6-4-7(11)8(10)12-5-6/h4-5H,1-3H3. The van der Waals surface area contributed by atoms with Crippen LogP contribution in [0.25, 0.3) is 0 Å². The lowest BCUT2D eigenvalue weighted by Gasteiger charge is -2.18. The summed E-state index contributed by atoms with van der Waals surface area (Å²) in [6, 6.07) is 1.43. The average Bonchev–Trinajstić information content (AvgIpc) is 1.92. The van der Waals surface area contributed by atoms with Crippen LogP contribution in [-0.2, 0) is 5.41 Å². The van der Waals surface area contributed by atoms with E-state index < -0.39 is 5.82 Å². The number of rotatable bonds is 0. The number of aromatic nitrogens is 1. The van der Waals surface area contributed by atoms with Crippen molar-refractivity contribution in [3.05, 3.63) is 28.8 Å². The maximum Gasteiger partial charge on any atom is 0.164 e. The zero-order chi connectivity index (χ0) is 9.35. The predicted molar refractivity (Wildman–Crippen MR) is 47.9 cm³/mol.